The first-order valence-electron chi connectivity index (χ1n) is 4.40. The smallest absolute Gasteiger partial charge is 0.214 e. The molecular formula is C10H11BrFNO2. The van der Waals surface area contributed by atoms with Gasteiger partial charge in [-0.25, -0.2) is 4.39 Å². The molecule has 0 aliphatic carbocycles. The average molecular weight is 276 g/mol. The maximum Gasteiger partial charge on any atom is 0.214 e. The number of halogens is 2. The van der Waals surface area contributed by atoms with Crippen molar-refractivity contribution in [2.24, 2.45) is 0 Å². The quantitative estimate of drug-likeness (QED) is 0.658. The van der Waals surface area contributed by atoms with Crippen molar-refractivity contribution in [2.75, 3.05) is 6.61 Å². The highest BCUT2D eigenvalue weighted by atomic mass is 79.9. The van der Waals surface area contributed by atoms with E-state index in [1.54, 1.807) is 6.92 Å². The number of aliphatic hydroxyl groups excluding tert-OH is 1. The van der Waals surface area contributed by atoms with E-state index in [1.807, 2.05) is 0 Å². The van der Waals surface area contributed by atoms with Crippen LogP contribution in [0.4, 0.5) is 4.39 Å². The van der Waals surface area contributed by atoms with Gasteiger partial charge in [0.05, 0.1) is 11.1 Å². The summed E-state index contributed by atoms with van der Waals surface area (Å²) in [6, 6.07) is 4.06. The number of rotatable bonds is 3. The van der Waals surface area contributed by atoms with E-state index in [2.05, 4.69) is 15.9 Å². The molecule has 82 valence electrons. The maximum absolute atomic E-state index is 12.9. The van der Waals surface area contributed by atoms with E-state index < -0.39 is 11.9 Å². The Hall–Kier alpha value is -0.940. The molecule has 0 aliphatic rings. The fourth-order valence-electron chi connectivity index (χ4n) is 1.07. The Kier molecular flexibility index (Phi) is 4.23. The molecule has 3 nitrogen and oxygen atoms in total. The predicted molar refractivity (Wildman–Crippen MR) is 58.4 cm³/mol. The van der Waals surface area contributed by atoms with E-state index in [9.17, 15) is 9.50 Å². The highest BCUT2D eigenvalue weighted by Crippen LogP contribution is 2.22. The molecule has 1 rings (SSSR count). The lowest BCUT2D eigenvalue weighted by molar-refractivity contribution is 0.190. The van der Waals surface area contributed by atoms with Gasteiger partial charge in [-0.3, -0.25) is 5.41 Å². The Bertz CT molecular complexity index is 370. The van der Waals surface area contributed by atoms with Gasteiger partial charge >= 0.3 is 0 Å². The Morgan fingerprint density at radius 3 is 2.87 bits per heavy atom. The third kappa shape index (κ3) is 3.00. The number of aliphatic hydroxyl groups is 1. The molecule has 0 spiro atoms. The molecule has 0 aromatic heterocycles. The van der Waals surface area contributed by atoms with E-state index in [1.165, 1.54) is 18.2 Å². The topological polar surface area (TPSA) is 53.3 Å². The average Bonchev–Trinajstić information content (AvgIpc) is 2.21. The normalized spacial score (nSPS) is 12.3. The first kappa shape index (κ1) is 12.1. The summed E-state index contributed by atoms with van der Waals surface area (Å²) in [6.45, 7) is 2.04. The van der Waals surface area contributed by atoms with E-state index in [0.29, 0.717) is 12.2 Å². The van der Waals surface area contributed by atoms with Gasteiger partial charge in [0.25, 0.3) is 0 Å². The number of nitrogens with one attached hydrogen (secondary N) is 1. The number of hydrogen-bond donors (Lipinski definition) is 2. The van der Waals surface area contributed by atoms with Gasteiger partial charge in [-0.15, -0.1) is 0 Å². The van der Waals surface area contributed by atoms with Crippen LogP contribution < -0.4 is 0 Å². The van der Waals surface area contributed by atoms with Crippen LogP contribution in [0.5, 0.6) is 0 Å². The van der Waals surface area contributed by atoms with Crippen LogP contribution in [0.15, 0.2) is 22.7 Å². The van der Waals surface area contributed by atoms with Crippen LogP contribution in [0.25, 0.3) is 0 Å². The van der Waals surface area contributed by atoms with Crippen molar-refractivity contribution in [1.29, 1.82) is 5.41 Å². The summed E-state index contributed by atoms with van der Waals surface area (Å²) in [7, 11) is 0. The zero-order valence-electron chi connectivity index (χ0n) is 8.13. The maximum atomic E-state index is 12.9. The lowest BCUT2D eigenvalue weighted by Gasteiger charge is -2.12. The van der Waals surface area contributed by atoms with Crippen LogP contribution in [0.2, 0.25) is 0 Å². The third-order valence-electron chi connectivity index (χ3n) is 1.81. The summed E-state index contributed by atoms with van der Waals surface area (Å²) in [5, 5.41) is 17.0. The summed E-state index contributed by atoms with van der Waals surface area (Å²) in [5.41, 5.74) is 0.418. The molecule has 15 heavy (non-hydrogen) atoms. The summed E-state index contributed by atoms with van der Waals surface area (Å²) in [5.74, 6) is -0.648. The van der Waals surface area contributed by atoms with Crippen LogP contribution in [-0.2, 0) is 4.74 Å². The Labute approximate surface area is 95.5 Å². The minimum Gasteiger partial charge on any atom is -0.479 e. The van der Waals surface area contributed by atoms with E-state index in [0.717, 1.165) is 0 Å². The van der Waals surface area contributed by atoms with Crippen molar-refractivity contribution in [3.05, 3.63) is 34.1 Å². The zero-order valence-corrected chi connectivity index (χ0v) is 9.71. The van der Waals surface area contributed by atoms with Crippen molar-refractivity contribution in [2.45, 2.75) is 13.0 Å². The minimum absolute atomic E-state index is 0.240. The van der Waals surface area contributed by atoms with E-state index in [4.69, 9.17) is 10.1 Å². The summed E-state index contributed by atoms with van der Waals surface area (Å²) in [6.07, 6.45) is -1.15. The number of hydrogen-bond acceptors (Lipinski definition) is 3. The first-order chi connectivity index (χ1) is 7.06. The summed E-state index contributed by atoms with van der Waals surface area (Å²) < 4.78 is 18.0. The minimum atomic E-state index is -1.15. The van der Waals surface area contributed by atoms with Crippen molar-refractivity contribution < 1.29 is 14.2 Å². The fraction of sp³-hybridized carbons (Fsp3) is 0.300. The second kappa shape index (κ2) is 5.23. The second-order valence-electron chi connectivity index (χ2n) is 2.87. The second-order valence-corrected chi connectivity index (χ2v) is 3.73. The molecular weight excluding hydrogens is 265 g/mol. The van der Waals surface area contributed by atoms with E-state index >= 15 is 0 Å². The van der Waals surface area contributed by atoms with Gasteiger partial charge in [0, 0.05) is 0 Å². The Morgan fingerprint density at radius 1 is 1.67 bits per heavy atom. The molecule has 0 amide bonds. The third-order valence-corrected chi connectivity index (χ3v) is 2.42. The zero-order chi connectivity index (χ0) is 11.4. The van der Waals surface area contributed by atoms with Crippen LogP contribution in [0.1, 0.15) is 18.6 Å². The van der Waals surface area contributed by atoms with Gasteiger partial charge in [0.1, 0.15) is 5.82 Å². The standard InChI is InChI=1S/C10H11BrFNO2/c1-2-15-10(13)9(14)6-3-4-8(12)7(11)5-6/h3-5,9,13-14H,2H2,1H3/t9-/m0/s1. The molecule has 0 unspecified atom stereocenters. The predicted octanol–water partition coefficient (Wildman–Crippen LogP) is 2.64. The van der Waals surface area contributed by atoms with Crippen molar-refractivity contribution in [3.63, 3.8) is 0 Å². The molecule has 0 radical (unpaired) electrons. The van der Waals surface area contributed by atoms with Gasteiger partial charge < -0.3 is 9.84 Å². The summed E-state index contributed by atoms with van der Waals surface area (Å²) >= 11 is 3.01. The molecule has 1 aromatic carbocycles. The van der Waals surface area contributed by atoms with Gasteiger partial charge in [0.2, 0.25) is 5.90 Å². The number of ether oxygens (including phenoxy) is 1. The highest BCUT2D eigenvalue weighted by molar-refractivity contribution is 9.10. The molecule has 5 heteroatoms. The van der Waals surface area contributed by atoms with Gasteiger partial charge in [-0.1, -0.05) is 6.07 Å². The van der Waals surface area contributed by atoms with Crippen LogP contribution in [0.3, 0.4) is 0 Å². The first-order valence-corrected chi connectivity index (χ1v) is 5.19. The van der Waals surface area contributed by atoms with Crippen LogP contribution in [0, 0.1) is 11.2 Å². The Balaban J connectivity index is 2.86. The lowest BCUT2D eigenvalue weighted by Crippen LogP contribution is -2.14. The molecule has 0 heterocycles. The molecule has 1 aromatic rings. The number of benzene rings is 1. The van der Waals surface area contributed by atoms with Gasteiger partial charge in [0.15, 0.2) is 6.10 Å². The lowest BCUT2D eigenvalue weighted by atomic mass is 10.1. The fourth-order valence-corrected chi connectivity index (χ4v) is 1.46. The summed E-state index contributed by atoms with van der Waals surface area (Å²) in [4.78, 5) is 0. The van der Waals surface area contributed by atoms with Crippen molar-refractivity contribution in [1.82, 2.24) is 0 Å². The molecule has 0 bridgehead atoms. The van der Waals surface area contributed by atoms with Crippen molar-refractivity contribution >= 4 is 21.8 Å². The van der Waals surface area contributed by atoms with Crippen molar-refractivity contribution in [3.8, 4) is 0 Å². The van der Waals surface area contributed by atoms with Crippen LogP contribution in [-0.4, -0.2) is 17.6 Å². The molecule has 1 atom stereocenters. The highest BCUT2D eigenvalue weighted by Gasteiger charge is 2.15. The molecule has 0 saturated heterocycles. The monoisotopic (exact) mass is 275 g/mol. The van der Waals surface area contributed by atoms with Gasteiger partial charge in [-0.05, 0) is 40.5 Å². The molecule has 0 aliphatic heterocycles. The Morgan fingerprint density at radius 2 is 2.33 bits per heavy atom. The molecule has 2 N–H and O–H groups in total. The van der Waals surface area contributed by atoms with E-state index in [-0.39, 0.29) is 10.4 Å². The largest absolute Gasteiger partial charge is 0.479 e. The van der Waals surface area contributed by atoms with Crippen LogP contribution >= 0.6 is 15.9 Å². The molecule has 0 saturated carbocycles. The van der Waals surface area contributed by atoms with Gasteiger partial charge in [-0.2, -0.15) is 0 Å². The SMILES string of the molecule is CCOC(=N)[C@@H](O)c1ccc(F)c(Br)c1. The molecule has 0 fully saturated rings.